The van der Waals surface area contributed by atoms with Crippen LogP contribution in [0.3, 0.4) is 0 Å². The van der Waals surface area contributed by atoms with E-state index in [-0.39, 0.29) is 29.8 Å². The Balaban J connectivity index is 1.74. The van der Waals surface area contributed by atoms with E-state index in [0.717, 1.165) is 25.7 Å². The fourth-order valence-corrected chi connectivity index (χ4v) is 2.56. The summed E-state index contributed by atoms with van der Waals surface area (Å²) in [5, 5.41) is 8.47. The van der Waals surface area contributed by atoms with Gasteiger partial charge < -0.3 is 16.0 Å². The molecule has 0 atom stereocenters. The second-order valence-corrected chi connectivity index (χ2v) is 5.35. The summed E-state index contributed by atoms with van der Waals surface area (Å²) < 4.78 is 12.8. The Kier molecular flexibility index (Phi) is 5.14. The molecule has 3 amide bonds. The average Bonchev–Trinajstić information content (AvgIpc) is 2.43. The van der Waals surface area contributed by atoms with Gasteiger partial charge in [-0.15, -0.1) is 0 Å². The first-order chi connectivity index (χ1) is 10.0. The molecular formula is C15H20FN3O2. The first-order valence-corrected chi connectivity index (χ1v) is 7.13. The van der Waals surface area contributed by atoms with Crippen LogP contribution in [0.1, 0.15) is 32.6 Å². The van der Waals surface area contributed by atoms with Crippen LogP contribution in [-0.2, 0) is 4.79 Å². The lowest BCUT2D eigenvalue weighted by Gasteiger charge is -2.29. The van der Waals surface area contributed by atoms with Crippen LogP contribution in [0.2, 0.25) is 0 Å². The highest BCUT2D eigenvalue weighted by atomic mass is 19.1. The van der Waals surface area contributed by atoms with E-state index in [1.165, 1.54) is 31.2 Å². The molecule has 1 aliphatic rings. The molecule has 0 aromatic heterocycles. The van der Waals surface area contributed by atoms with Crippen LogP contribution in [0.15, 0.2) is 24.3 Å². The average molecular weight is 293 g/mol. The number of hydrogen-bond donors (Lipinski definition) is 3. The van der Waals surface area contributed by atoms with Crippen molar-refractivity contribution in [1.29, 1.82) is 0 Å². The molecule has 0 unspecified atom stereocenters. The third-order valence-corrected chi connectivity index (χ3v) is 3.57. The molecule has 21 heavy (non-hydrogen) atoms. The summed E-state index contributed by atoms with van der Waals surface area (Å²) in [4.78, 5) is 22.8. The van der Waals surface area contributed by atoms with E-state index in [0.29, 0.717) is 5.69 Å². The van der Waals surface area contributed by atoms with Gasteiger partial charge in [0.05, 0.1) is 0 Å². The van der Waals surface area contributed by atoms with Gasteiger partial charge in [-0.25, -0.2) is 9.18 Å². The monoisotopic (exact) mass is 293 g/mol. The van der Waals surface area contributed by atoms with Gasteiger partial charge in [-0.05, 0) is 49.9 Å². The van der Waals surface area contributed by atoms with E-state index in [1.807, 2.05) is 0 Å². The highest BCUT2D eigenvalue weighted by molar-refractivity contribution is 5.89. The molecule has 3 N–H and O–H groups in total. The minimum absolute atomic E-state index is 0.0135. The maximum Gasteiger partial charge on any atom is 0.319 e. The molecule has 0 saturated heterocycles. The SMILES string of the molecule is CC(=O)NC1CCC(NC(=O)Nc2ccc(F)cc2)CC1. The minimum atomic E-state index is -0.336. The Morgan fingerprint density at radius 2 is 1.52 bits per heavy atom. The molecule has 0 bridgehead atoms. The largest absolute Gasteiger partial charge is 0.354 e. The lowest BCUT2D eigenvalue weighted by Crippen LogP contribution is -2.44. The van der Waals surface area contributed by atoms with Gasteiger partial charge in [0.1, 0.15) is 5.82 Å². The first-order valence-electron chi connectivity index (χ1n) is 7.13. The first kappa shape index (κ1) is 15.3. The minimum Gasteiger partial charge on any atom is -0.354 e. The highest BCUT2D eigenvalue weighted by Crippen LogP contribution is 2.19. The number of carbonyl (C=O) groups excluding carboxylic acids is 2. The number of rotatable bonds is 3. The van der Waals surface area contributed by atoms with Crippen molar-refractivity contribution in [3.63, 3.8) is 0 Å². The maximum absolute atomic E-state index is 12.8. The third-order valence-electron chi connectivity index (χ3n) is 3.57. The van der Waals surface area contributed by atoms with Crippen LogP contribution in [0.5, 0.6) is 0 Å². The molecule has 1 fully saturated rings. The van der Waals surface area contributed by atoms with Crippen LogP contribution in [0, 0.1) is 5.82 Å². The molecule has 5 nitrogen and oxygen atoms in total. The van der Waals surface area contributed by atoms with Crippen molar-refractivity contribution in [3.05, 3.63) is 30.1 Å². The molecule has 0 spiro atoms. The molecule has 1 aliphatic carbocycles. The van der Waals surface area contributed by atoms with Crippen molar-refractivity contribution in [2.24, 2.45) is 0 Å². The zero-order valence-corrected chi connectivity index (χ0v) is 12.0. The summed E-state index contributed by atoms with van der Waals surface area (Å²) in [5.74, 6) is -0.349. The van der Waals surface area contributed by atoms with Crippen molar-refractivity contribution in [3.8, 4) is 0 Å². The smallest absolute Gasteiger partial charge is 0.319 e. The molecule has 0 aliphatic heterocycles. The van der Waals surface area contributed by atoms with Crippen molar-refractivity contribution in [2.75, 3.05) is 5.32 Å². The van der Waals surface area contributed by atoms with Crippen molar-refractivity contribution in [2.45, 2.75) is 44.7 Å². The quantitative estimate of drug-likeness (QED) is 0.801. The summed E-state index contributed by atoms with van der Waals surface area (Å²) in [6, 6.07) is 5.66. The van der Waals surface area contributed by atoms with Gasteiger partial charge in [-0.2, -0.15) is 0 Å². The topological polar surface area (TPSA) is 70.2 Å². The molecule has 1 aromatic rings. The molecule has 2 rings (SSSR count). The molecule has 1 saturated carbocycles. The Labute approximate surface area is 123 Å². The number of anilines is 1. The Morgan fingerprint density at radius 3 is 2.05 bits per heavy atom. The molecule has 1 aromatic carbocycles. The molecule has 6 heteroatoms. The molecule has 0 radical (unpaired) electrons. The number of carbonyl (C=O) groups is 2. The summed E-state index contributed by atoms with van der Waals surface area (Å²) in [6.07, 6.45) is 3.39. The number of halogens is 1. The van der Waals surface area contributed by atoms with E-state index < -0.39 is 0 Å². The maximum atomic E-state index is 12.8. The van der Waals surface area contributed by atoms with Gasteiger partial charge in [0, 0.05) is 24.7 Å². The zero-order valence-electron chi connectivity index (χ0n) is 12.0. The van der Waals surface area contributed by atoms with Crippen LogP contribution in [0.4, 0.5) is 14.9 Å². The lowest BCUT2D eigenvalue weighted by atomic mass is 9.91. The van der Waals surface area contributed by atoms with E-state index in [1.54, 1.807) is 0 Å². The zero-order chi connectivity index (χ0) is 15.2. The van der Waals surface area contributed by atoms with Crippen LogP contribution >= 0.6 is 0 Å². The van der Waals surface area contributed by atoms with Gasteiger partial charge >= 0.3 is 6.03 Å². The molecule has 0 heterocycles. The number of urea groups is 1. The summed E-state index contributed by atoms with van der Waals surface area (Å²) >= 11 is 0. The number of nitrogens with one attached hydrogen (secondary N) is 3. The second kappa shape index (κ2) is 7.06. The van der Waals surface area contributed by atoms with Crippen molar-refractivity contribution >= 4 is 17.6 Å². The Bertz CT molecular complexity index is 496. The summed E-state index contributed by atoms with van der Waals surface area (Å²) in [6.45, 7) is 1.51. The van der Waals surface area contributed by atoms with E-state index in [2.05, 4.69) is 16.0 Å². The highest BCUT2D eigenvalue weighted by Gasteiger charge is 2.22. The predicted octanol–water partition coefficient (Wildman–Crippen LogP) is 2.39. The van der Waals surface area contributed by atoms with Gasteiger partial charge in [-0.1, -0.05) is 0 Å². The predicted molar refractivity (Wildman–Crippen MR) is 78.4 cm³/mol. The van der Waals surface area contributed by atoms with E-state index >= 15 is 0 Å². The van der Waals surface area contributed by atoms with Gasteiger partial charge in [0.25, 0.3) is 0 Å². The fourth-order valence-electron chi connectivity index (χ4n) is 2.56. The van der Waals surface area contributed by atoms with E-state index in [4.69, 9.17) is 0 Å². The van der Waals surface area contributed by atoms with E-state index in [9.17, 15) is 14.0 Å². The van der Waals surface area contributed by atoms with Crippen molar-refractivity contribution in [1.82, 2.24) is 10.6 Å². The summed E-state index contributed by atoms with van der Waals surface area (Å²) in [7, 11) is 0. The standard InChI is InChI=1S/C15H20FN3O2/c1-10(20)17-12-6-8-14(9-7-12)19-15(21)18-13-4-2-11(16)3-5-13/h2-5,12,14H,6-9H2,1H3,(H,17,20)(H2,18,19,21). The summed E-state index contributed by atoms with van der Waals surface area (Å²) in [5.41, 5.74) is 0.556. The Hall–Kier alpha value is -2.11. The van der Waals surface area contributed by atoms with Gasteiger partial charge in [-0.3, -0.25) is 4.79 Å². The lowest BCUT2D eigenvalue weighted by molar-refractivity contribution is -0.119. The van der Waals surface area contributed by atoms with Crippen LogP contribution in [-0.4, -0.2) is 24.0 Å². The van der Waals surface area contributed by atoms with Crippen molar-refractivity contribution < 1.29 is 14.0 Å². The Morgan fingerprint density at radius 1 is 1.00 bits per heavy atom. The normalized spacial score (nSPS) is 21.4. The molecule has 114 valence electrons. The van der Waals surface area contributed by atoms with Gasteiger partial charge in [0.2, 0.25) is 5.91 Å². The third kappa shape index (κ3) is 5.06. The molecular weight excluding hydrogens is 273 g/mol. The number of amides is 3. The number of hydrogen-bond acceptors (Lipinski definition) is 2. The number of benzene rings is 1. The van der Waals surface area contributed by atoms with Crippen LogP contribution in [0.25, 0.3) is 0 Å². The fraction of sp³-hybridized carbons (Fsp3) is 0.467. The van der Waals surface area contributed by atoms with Crippen LogP contribution < -0.4 is 16.0 Å². The second-order valence-electron chi connectivity index (χ2n) is 5.35. The van der Waals surface area contributed by atoms with Gasteiger partial charge in [0.15, 0.2) is 0 Å².